The zero-order chi connectivity index (χ0) is 21.4. The van der Waals surface area contributed by atoms with E-state index in [1.165, 1.54) is 24.5 Å². The molecule has 8 heteroatoms. The number of aliphatic hydroxyl groups is 2. The predicted octanol–water partition coefficient (Wildman–Crippen LogP) is -0.0948. The molecule has 0 spiro atoms. The van der Waals surface area contributed by atoms with Crippen molar-refractivity contribution in [3.05, 3.63) is 58.9 Å². The van der Waals surface area contributed by atoms with Crippen LogP contribution in [0.15, 0.2) is 36.4 Å². The fourth-order valence-corrected chi connectivity index (χ4v) is 2.44. The standard InChI is InChI=1S/C21H21N3O5/c1-14(26)19(21(28)23-29)22-20(27)16-9-7-15(8-10-16)5-3-4-6-17-11-12-18(13-25)24(17)2/h7-12,14,19,25-26,29H,13H2,1-2H3,(H,22,27)(H,23,28). The average molecular weight is 395 g/mol. The summed E-state index contributed by atoms with van der Waals surface area (Å²) in [6.07, 6.45) is -1.19. The number of amides is 2. The first kappa shape index (κ1) is 21.7. The third kappa shape index (κ3) is 5.71. The smallest absolute Gasteiger partial charge is 0.268 e. The van der Waals surface area contributed by atoms with Crippen LogP contribution < -0.4 is 10.8 Å². The van der Waals surface area contributed by atoms with Crippen LogP contribution in [0.5, 0.6) is 0 Å². The normalized spacial score (nSPS) is 11.9. The van der Waals surface area contributed by atoms with Crippen molar-refractivity contribution >= 4 is 11.8 Å². The molecule has 0 fully saturated rings. The Morgan fingerprint density at radius 2 is 1.76 bits per heavy atom. The SMILES string of the molecule is CC(O)C(NC(=O)c1ccc(C#CC#Cc2ccc(CO)n2C)cc1)C(=O)NO. The predicted molar refractivity (Wildman–Crippen MR) is 104 cm³/mol. The highest BCUT2D eigenvalue weighted by molar-refractivity contribution is 5.97. The van der Waals surface area contributed by atoms with Crippen LogP contribution in [0.1, 0.15) is 34.2 Å². The number of nitrogens with zero attached hydrogens (tertiary/aromatic N) is 1. The second kappa shape index (κ2) is 10.1. The second-order valence-corrected chi connectivity index (χ2v) is 6.17. The molecule has 2 atom stereocenters. The van der Waals surface area contributed by atoms with Gasteiger partial charge in [0.25, 0.3) is 11.8 Å². The van der Waals surface area contributed by atoms with E-state index in [1.54, 1.807) is 35.9 Å². The van der Waals surface area contributed by atoms with Gasteiger partial charge in [0.05, 0.1) is 18.4 Å². The molecule has 2 rings (SSSR count). The summed E-state index contributed by atoms with van der Waals surface area (Å²) >= 11 is 0. The molecule has 2 unspecified atom stereocenters. The molecule has 150 valence electrons. The Morgan fingerprint density at radius 1 is 1.10 bits per heavy atom. The van der Waals surface area contributed by atoms with Gasteiger partial charge >= 0.3 is 0 Å². The molecular weight excluding hydrogens is 374 g/mol. The first-order valence-corrected chi connectivity index (χ1v) is 8.67. The lowest BCUT2D eigenvalue weighted by molar-refractivity contribution is -0.133. The molecule has 1 heterocycles. The van der Waals surface area contributed by atoms with Crippen LogP contribution in [0.3, 0.4) is 0 Å². The van der Waals surface area contributed by atoms with Gasteiger partial charge in [0.2, 0.25) is 0 Å². The summed E-state index contributed by atoms with van der Waals surface area (Å²) in [5.41, 5.74) is 3.79. The molecule has 8 nitrogen and oxygen atoms in total. The third-order valence-electron chi connectivity index (χ3n) is 4.16. The van der Waals surface area contributed by atoms with Gasteiger partial charge in [-0.2, -0.15) is 0 Å². The molecule has 0 bridgehead atoms. The van der Waals surface area contributed by atoms with Crippen LogP contribution >= 0.6 is 0 Å². The van der Waals surface area contributed by atoms with Crippen molar-refractivity contribution < 1.29 is 25.0 Å². The van der Waals surface area contributed by atoms with Crippen LogP contribution in [0.2, 0.25) is 0 Å². The minimum Gasteiger partial charge on any atom is -0.391 e. The summed E-state index contributed by atoms with van der Waals surface area (Å²) in [5, 5.41) is 29.7. The summed E-state index contributed by atoms with van der Waals surface area (Å²) in [6.45, 7) is 1.26. The minimum absolute atomic E-state index is 0.0631. The van der Waals surface area contributed by atoms with E-state index in [0.29, 0.717) is 5.56 Å². The van der Waals surface area contributed by atoms with Gasteiger partial charge in [-0.05, 0) is 61.1 Å². The van der Waals surface area contributed by atoms with Crippen LogP contribution in [-0.2, 0) is 18.4 Å². The van der Waals surface area contributed by atoms with E-state index in [-0.39, 0.29) is 12.2 Å². The summed E-state index contributed by atoms with van der Waals surface area (Å²) in [5.74, 6) is 9.71. The number of benzene rings is 1. The average Bonchev–Trinajstić information content (AvgIpc) is 3.08. The lowest BCUT2D eigenvalue weighted by atomic mass is 10.1. The van der Waals surface area contributed by atoms with Gasteiger partial charge in [0, 0.05) is 23.9 Å². The van der Waals surface area contributed by atoms with Crippen LogP contribution in [-0.4, -0.2) is 43.9 Å². The van der Waals surface area contributed by atoms with Crippen molar-refractivity contribution in [1.82, 2.24) is 15.4 Å². The highest BCUT2D eigenvalue weighted by Gasteiger charge is 2.25. The minimum atomic E-state index is -1.29. The number of rotatable bonds is 5. The van der Waals surface area contributed by atoms with Gasteiger partial charge in [0.15, 0.2) is 0 Å². The maximum Gasteiger partial charge on any atom is 0.268 e. The maximum absolute atomic E-state index is 12.2. The number of carbonyl (C=O) groups excluding carboxylic acids is 2. The Hall–Kier alpha value is -3.56. The van der Waals surface area contributed by atoms with Gasteiger partial charge in [-0.1, -0.05) is 5.92 Å². The van der Waals surface area contributed by atoms with E-state index < -0.39 is 24.0 Å². The van der Waals surface area contributed by atoms with Crippen molar-refractivity contribution in [2.24, 2.45) is 7.05 Å². The van der Waals surface area contributed by atoms with Crippen LogP contribution in [0.25, 0.3) is 0 Å². The summed E-state index contributed by atoms with van der Waals surface area (Å²) in [6, 6.07) is 8.59. The molecule has 0 aliphatic rings. The molecule has 2 aromatic rings. The molecule has 2 amide bonds. The second-order valence-electron chi connectivity index (χ2n) is 6.17. The number of nitrogens with one attached hydrogen (secondary N) is 2. The molecule has 0 radical (unpaired) electrons. The molecule has 1 aromatic heterocycles. The van der Waals surface area contributed by atoms with Crippen LogP contribution in [0.4, 0.5) is 0 Å². The van der Waals surface area contributed by atoms with E-state index in [0.717, 1.165) is 11.4 Å². The number of hydrogen-bond donors (Lipinski definition) is 5. The quantitative estimate of drug-likeness (QED) is 0.275. The van der Waals surface area contributed by atoms with Gasteiger partial charge in [-0.3, -0.25) is 14.8 Å². The molecular formula is C21H21N3O5. The highest BCUT2D eigenvalue weighted by Crippen LogP contribution is 2.06. The van der Waals surface area contributed by atoms with Gasteiger partial charge in [-0.15, -0.1) is 0 Å². The third-order valence-corrected chi connectivity index (χ3v) is 4.16. The van der Waals surface area contributed by atoms with E-state index in [1.807, 2.05) is 0 Å². The highest BCUT2D eigenvalue weighted by atomic mass is 16.5. The molecule has 0 aliphatic carbocycles. The van der Waals surface area contributed by atoms with Crippen molar-refractivity contribution in [3.8, 4) is 23.7 Å². The van der Waals surface area contributed by atoms with Gasteiger partial charge in [0.1, 0.15) is 6.04 Å². The Kier molecular flexibility index (Phi) is 7.58. The Bertz CT molecular complexity index is 1000. The summed E-state index contributed by atoms with van der Waals surface area (Å²) < 4.78 is 1.78. The fraction of sp³-hybridized carbons (Fsp3) is 0.238. The first-order chi connectivity index (χ1) is 13.9. The number of hydrogen-bond acceptors (Lipinski definition) is 5. The largest absolute Gasteiger partial charge is 0.391 e. The number of aromatic nitrogens is 1. The van der Waals surface area contributed by atoms with Crippen molar-refractivity contribution in [2.45, 2.75) is 25.7 Å². The number of aliphatic hydroxyl groups excluding tert-OH is 2. The lowest BCUT2D eigenvalue weighted by Crippen LogP contribution is -2.51. The maximum atomic E-state index is 12.2. The molecule has 0 saturated carbocycles. The summed E-state index contributed by atoms with van der Waals surface area (Å²) in [4.78, 5) is 23.7. The van der Waals surface area contributed by atoms with Crippen molar-refractivity contribution in [2.75, 3.05) is 0 Å². The van der Waals surface area contributed by atoms with E-state index in [9.17, 15) is 14.7 Å². The van der Waals surface area contributed by atoms with Crippen molar-refractivity contribution in [1.29, 1.82) is 0 Å². The van der Waals surface area contributed by atoms with Crippen molar-refractivity contribution in [3.63, 3.8) is 0 Å². The number of carbonyl (C=O) groups is 2. The summed E-state index contributed by atoms with van der Waals surface area (Å²) in [7, 11) is 1.80. The van der Waals surface area contributed by atoms with Gasteiger partial charge < -0.3 is 20.1 Å². The molecule has 1 aromatic carbocycles. The zero-order valence-electron chi connectivity index (χ0n) is 15.9. The van der Waals surface area contributed by atoms with Gasteiger partial charge in [-0.25, -0.2) is 5.48 Å². The van der Waals surface area contributed by atoms with E-state index in [2.05, 4.69) is 29.0 Å². The van der Waals surface area contributed by atoms with E-state index >= 15 is 0 Å². The van der Waals surface area contributed by atoms with Crippen LogP contribution in [0, 0.1) is 23.7 Å². The van der Waals surface area contributed by atoms with E-state index in [4.69, 9.17) is 10.3 Å². The topological polar surface area (TPSA) is 124 Å². The molecule has 0 saturated heterocycles. The Labute approximate surface area is 168 Å². The zero-order valence-corrected chi connectivity index (χ0v) is 15.9. The molecule has 5 N–H and O–H groups in total. The Morgan fingerprint density at radius 3 is 2.31 bits per heavy atom. The lowest BCUT2D eigenvalue weighted by Gasteiger charge is -2.19. The monoisotopic (exact) mass is 395 g/mol. The first-order valence-electron chi connectivity index (χ1n) is 8.67. The Balaban J connectivity index is 2.05. The fourth-order valence-electron chi connectivity index (χ4n) is 2.44. The number of hydroxylamine groups is 1. The molecule has 29 heavy (non-hydrogen) atoms. The molecule has 0 aliphatic heterocycles.